The van der Waals surface area contributed by atoms with Crippen LogP contribution in [0.1, 0.15) is 13.8 Å². The fraction of sp³-hybridized carbons (Fsp3) is 0.400. The SMILES string of the molecule is CC(O)C(C)Oc1cc(Cl)cc(Cl)c1. The molecule has 1 N–H and O–H groups in total. The number of benzene rings is 1. The van der Waals surface area contributed by atoms with Gasteiger partial charge in [-0.2, -0.15) is 0 Å². The molecule has 14 heavy (non-hydrogen) atoms. The first-order valence-corrected chi connectivity index (χ1v) is 5.05. The van der Waals surface area contributed by atoms with Gasteiger partial charge in [-0.25, -0.2) is 0 Å². The fourth-order valence-corrected chi connectivity index (χ4v) is 1.42. The largest absolute Gasteiger partial charge is 0.488 e. The minimum atomic E-state index is -0.534. The lowest BCUT2D eigenvalue weighted by Gasteiger charge is -2.17. The Morgan fingerprint density at radius 1 is 1.14 bits per heavy atom. The van der Waals surface area contributed by atoms with Crippen LogP contribution in [0.15, 0.2) is 18.2 Å². The molecule has 2 atom stereocenters. The highest BCUT2D eigenvalue weighted by Gasteiger charge is 2.10. The highest BCUT2D eigenvalue weighted by Crippen LogP contribution is 2.25. The average Bonchev–Trinajstić information content (AvgIpc) is 2.01. The third-order valence-corrected chi connectivity index (χ3v) is 2.27. The smallest absolute Gasteiger partial charge is 0.122 e. The lowest BCUT2D eigenvalue weighted by Crippen LogP contribution is -2.25. The second-order valence-corrected chi connectivity index (χ2v) is 4.04. The van der Waals surface area contributed by atoms with E-state index < -0.39 is 6.10 Å². The van der Waals surface area contributed by atoms with Crippen molar-refractivity contribution in [3.8, 4) is 5.75 Å². The molecule has 78 valence electrons. The summed E-state index contributed by atoms with van der Waals surface area (Å²) in [6.07, 6.45) is -0.822. The zero-order valence-corrected chi connectivity index (χ0v) is 9.51. The molecule has 0 spiro atoms. The number of halogens is 2. The highest BCUT2D eigenvalue weighted by atomic mass is 35.5. The Morgan fingerprint density at radius 2 is 1.64 bits per heavy atom. The minimum Gasteiger partial charge on any atom is -0.488 e. The van der Waals surface area contributed by atoms with Crippen LogP contribution in [0, 0.1) is 0 Å². The van der Waals surface area contributed by atoms with E-state index in [1.807, 2.05) is 0 Å². The van der Waals surface area contributed by atoms with Gasteiger partial charge in [0.05, 0.1) is 6.10 Å². The average molecular weight is 235 g/mol. The Labute approximate surface area is 93.4 Å². The van der Waals surface area contributed by atoms with Crippen molar-refractivity contribution in [3.63, 3.8) is 0 Å². The molecule has 4 heteroatoms. The highest BCUT2D eigenvalue weighted by molar-refractivity contribution is 6.34. The van der Waals surface area contributed by atoms with E-state index in [2.05, 4.69) is 0 Å². The van der Waals surface area contributed by atoms with E-state index in [-0.39, 0.29) is 6.10 Å². The third kappa shape index (κ3) is 3.37. The van der Waals surface area contributed by atoms with E-state index in [0.717, 1.165) is 0 Å². The Hall–Kier alpha value is -0.440. The molecule has 0 aromatic heterocycles. The monoisotopic (exact) mass is 234 g/mol. The van der Waals surface area contributed by atoms with E-state index in [9.17, 15) is 5.11 Å². The van der Waals surface area contributed by atoms with E-state index in [0.29, 0.717) is 15.8 Å². The van der Waals surface area contributed by atoms with Crippen molar-refractivity contribution in [2.24, 2.45) is 0 Å². The molecule has 0 aliphatic heterocycles. The molecule has 1 rings (SSSR count). The quantitative estimate of drug-likeness (QED) is 0.871. The first kappa shape index (κ1) is 11.6. The fourth-order valence-electron chi connectivity index (χ4n) is 0.910. The zero-order valence-electron chi connectivity index (χ0n) is 8.00. The van der Waals surface area contributed by atoms with Gasteiger partial charge in [0.15, 0.2) is 0 Å². The standard InChI is InChI=1S/C10H12Cl2O2/c1-6(13)7(2)14-10-4-8(11)3-9(12)5-10/h3-7,13H,1-2H3. The first-order chi connectivity index (χ1) is 6.49. The van der Waals surface area contributed by atoms with Crippen molar-refractivity contribution < 1.29 is 9.84 Å². The Balaban J connectivity index is 2.76. The summed E-state index contributed by atoms with van der Waals surface area (Å²) in [6, 6.07) is 4.95. The summed E-state index contributed by atoms with van der Waals surface area (Å²) in [5.41, 5.74) is 0. The Kier molecular flexibility index (Phi) is 4.05. The summed E-state index contributed by atoms with van der Waals surface area (Å²) < 4.78 is 5.42. The van der Waals surface area contributed by atoms with Gasteiger partial charge in [-0.3, -0.25) is 0 Å². The van der Waals surface area contributed by atoms with Crippen molar-refractivity contribution >= 4 is 23.2 Å². The Morgan fingerprint density at radius 3 is 2.07 bits per heavy atom. The van der Waals surface area contributed by atoms with E-state index in [1.165, 1.54) is 0 Å². The van der Waals surface area contributed by atoms with Gasteiger partial charge < -0.3 is 9.84 Å². The molecule has 1 aromatic rings. The molecule has 1 aromatic carbocycles. The van der Waals surface area contributed by atoms with Gasteiger partial charge in [0.25, 0.3) is 0 Å². The number of rotatable bonds is 3. The molecule has 2 nitrogen and oxygen atoms in total. The molecule has 0 aliphatic carbocycles. The van der Waals surface area contributed by atoms with Crippen LogP contribution in [0.3, 0.4) is 0 Å². The summed E-state index contributed by atoms with van der Waals surface area (Å²) in [7, 11) is 0. The van der Waals surface area contributed by atoms with Gasteiger partial charge >= 0.3 is 0 Å². The molecule has 2 unspecified atom stereocenters. The van der Waals surface area contributed by atoms with Crippen LogP contribution >= 0.6 is 23.2 Å². The predicted molar refractivity (Wildman–Crippen MR) is 58.2 cm³/mol. The molecule has 0 radical (unpaired) electrons. The molecule has 0 saturated carbocycles. The van der Waals surface area contributed by atoms with E-state index in [1.54, 1.807) is 32.0 Å². The maximum atomic E-state index is 9.23. The summed E-state index contributed by atoms with van der Waals surface area (Å²) in [6.45, 7) is 3.44. The molecule has 0 aliphatic rings. The summed E-state index contributed by atoms with van der Waals surface area (Å²) >= 11 is 11.6. The van der Waals surface area contributed by atoms with Crippen molar-refractivity contribution in [3.05, 3.63) is 28.2 Å². The van der Waals surface area contributed by atoms with Crippen LogP contribution in [-0.2, 0) is 0 Å². The van der Waals surface area contributed by atoms with E-state index in [4.69, 9.17) is 27.9 Å². The van der Waals surface area contributed by atoms with Crippen LogP contribution in [0.5, 0.6) is 5.75 Å². The summed E-state index contributed by atoms with van der Waals surface area (Å²) in [4.78, 5) is 0. The topological polar surface area (TPSA) is 29.5 Å². The van der Waals surface area contributed by atoms with Gasteiger partial charge in [-0.15, -0.1) is 0 Å². The molecule has 0 bridgehead atoms. The van der Waals surface area contributed by atoms with Crippen molar-refractivity contribution in [2.45, 2.75) is 26.1 Å². The maximum absolute atomic E-state index is 9.23. The molecule has 0 saturated heterocycles. The molecular weight excluding hydrogens is 223 g/mol. The van der Waals surface area contributed by atoms with Crippen molar-refractivity contribution in [1.82, 2.24) is 0 Å². The zero-order chi connectivity index (χ0) is 10.7. The number of ether oxygens (including phenoxy) is 1. The summed E-state index contributed by atoms with van der Waals surface area (Å²) in [5, 5.41) is 10.3. The van der Waals surface area contributed by atoms with Crippen LogP contribution in [0.2, 0.25) is 10.0 Å². The van der Waals surface area contributed by atoms with Crippen LogP contribution in [0.25, 0.3) is 0 Å². The molecule has 0 heterocycles. The van der Waals surface area contributed by atoms with Gasteiger partial charge in [0, 0.05) is 10.0 Å². The lowest BCUT2D eigenvalue weighted by molar-refractivity contribution is 0.0604. The second kappa shape index (κ2) is 4.87. The van der Waals surface area contributed by atoms with Gasteiger partial charge in [0.1, 0.15) is 11.9 Å². The van der Waals surface area contributed by atoms with Crippen molar-refractivity contribution in [1.29, 1.82) is 0 Å². The van der Waals surface area contributed by atoms with Crippen molar-refractivity contribution in [2.75, 3.05) is 0 Å². The van der Waals surface area contributed by atoms with Gasteiger partial charge in [0.2, 0.25) is 0 Å². The normalized spacial score (nSPS) is 14.9. The van der Waals surface area contributed by atoms with Crippen LogP contribution in [-0.4, -0.2) is 17.3 Å². The maximum Gasteiger partial charge on any atom is 0.122 e. The van der Waals surface area contributed by atoms with Crippen LogP contribution in [0.4, 0.5) is 0 Å². The van der Waals surface area contributed by atoms with Gasteiger partial charge in [-0.1, -0.05) is 23.2 Å². The first-order valence-electron chi connectivity index (χ1n) is 4.30. The lowest BCUT2D eigenvalue weighted by atomic mass is 10.2. The molecule has 0 amide bonds. The summed E-state index contributed by atoms with van der Waals surface area (Å²) in [5.74, 6) is 0.566. The number of hydrogen-bond donors (Lipinski definition) is 1. The predicted octanol–water partition coefficient (Wildman–Crippen LogP) is 3.14. The van der Waals surface area contributed by atoms with Gasteiger partial charge in [-0.05, 0) is 32.0 Å². The number of aliphatic hydroxyl groups is 1. The molecule has 0 fully saturated rings. The third-order valence-electron chi connectivity index (χ3n) is 1.84. The Bertz CT molecular complexity index is 293. The van der Waals surface area contributed by atoms with E-state index >= 15 is 0 Å². The minimum absolute atomic E-state index is 0.287. The van der Waals surface area contributed by atoms with Crippen LogP contribution < -0.4 is 4.74 Å². The molecular formula is C10H12Cl2O2. The number of hydrogen-bond acceptors (Lipinski definition) is 2. The second-order valence-electron chi connectivity index (χ2n) is 3.17. The number of aliphatic hydroxyl groups excluding tert-OH is 1.